The lowest BCUT2D eigenvalue weighted by Crippen LogP contribution is -2.40. The summed E-state index contributed by atoms with van der Waals surface area (Å²) in [7, 11) is -2.25. The minimum Gasteiger partial charge on any atom is -0.316 e. The molecular weight excluding hydrogens is 354 g/mol. The van der Waals surface area contributed by atoms with Crippen molar-refractivity contribution in [1.82, 2.24) is 14.5 Å². The minimum absolute atomic E-state index is 0.0914. The zero-order chi connectivity index (χ0) is 18.5. The number of carbonyl (C=O) groups is 2. The molecule has 1 unspecified atom stereocenters. The van der Waals surface area contributed by atoms with Crippen molar-refractivity contribution in [2.24, 2.45) is 11.8 Å². The molecule has 3 aliphatic rings. The number of nitrogens with zero attached hydrogens (tertiary/aromatic N) is 2. The van der Waals surface area contributed by atoms with E-state index in [1.807, 2.05) is 0 Å². The fourth-order valence-corrected chi connectivity index (χ4v) is 5.81. The first-order valence-electron chi connectivity index (χ1n) is 9.07. The van der Waals surface area contributed by atoms with Crippen molar-refractivity contribution in [3.63, 3.8) is 0 Å². The summed E-state index contributed by atoms with van der Waals surface area (Å²) in [5.74, 6) is 0.387. The molecule has 2 saturated heterocycles. The summed E-state index contributed by atoms with van der Waals surface area (Å²) >= 11 is 0. The van der Waals surface area contributed by atoms with E-state index in [1.165, 1.54) is 36.0 Å². The maximum Gasteiger partial charge on any atom is 0.261 e. The molecule has 0 radical (unpaired) electrons. The first-order chi connectivity index (χ1) is 12.4. The van der Waals surface area contributed by atoms with Crippen LogP contribution in [0.1, 0.15) is 40.0 Å². The molecule has 0 aliphatic carbocycles. The number of amides is 2. The number of hydrogen-bond donors (Lipinski definition) is 1. The van der Waals surface area contributed by atoms with Crippen LogP contribution in [0.25, 0.3) is 0 Å². The Kier molecular flexibility index (Phi) is 4.37. The monoisotopic (exact) mass is 377 g/mol. The number of sulfonamides is 1. The Morgan fingerprint density at radius 3 is 2.35 bits per heavy atom. The first kappa shape index (κ1) is 17.6. The zero-order valence-electron chi connectivity index (χ0n) is 14.8. The van der Waals surface area contributed by atoms with Gasteiger partial charge in [0.05, 0.1) is 16.0 Å². The smallest absolute Gasteiger partial charge is 0.261 e. The minimum atomic E-state index is -3.65. The molecule has 0 spiro atoms. The van der Waals surface area contributed by atoms with Crippen LogP contribution in [0.15, 0.2) is 23.1 Å². The molecular formula is C18H23N3O4S. The van der Waals surface area contributed by atoms with Crippen molar-refractivity contribution >= 4 is 21.8 Å². The summed E-state index contributed by atoms with van der Waals surface area (Å²) in [6.07, 6.45) is 2.92. The van der Waals surface area contributed by atoms with E-state index >= 15 is 0 Å². The Morgan fingerprint density at radius 1 is 1.00 bits per heavy atom. The van der Waals surface area contributed by atoms with Crippen molar-refractivity contribution in [1.29, 1.82) is 0 Å². The third-order valence-corrected chi connectivity index (χ3v) is 7.86. The molecule has 8 heteroatoms. The van der Waals surface area contributed by atoms with E-state index in [0.29, 0.717) is 24.9 Å². The van der Waals surface area contributed by atoms with Crippen LogP contribution in [-0.4, -0.2) is 62.7 Å². The molecule has 26 heavy (non-hydrogen) atoms. The third-order valence-electron chi connectivity index (χ3n) is 5.96. The van der Waals surface area contributed by atoms with Gasteiger partial charge in [0.25, 0.3) is 11.8 Å². The number of hydrogen-bond acceptors (Lipinski definition) is 5. The van der Waals surface area contributed by atoms with Gasteiger partial charge in [-0.25, -0.2) is 8.42 Å². The molecule has 1 atom stereocenters. The number of rotatable bonds is 3. The second kappa shape index (κ2) is 6.44. The molecule has 1 aromatic carbocycles. The van der Waals surface area contributed by atoms with Crippen LogP contribution in [0.4, 0.5) is 0 Å². The van der Waals surface area contributed by atoms with Gasteiger partial charge in [0.15, 0.2) is 0 Å². The van der Waals surface area contributed by atoms with Crippen molar-refractivity contribution in [2.75, 3.05) is 33.2 Å². The average Bonchev–Trinajstić information content (AvgIpc) is 3.26. The lowest BCUT2D eigenvalue weighted by atomic mass is 9.84. The van der Waals surface area contributed by atoms with E-state index in [1.54, 1.807) is 0 Å². The summed E-state index contributed by atoms with van der Waals surface area (Å²) in [6, 6.07) is 4.23. The molecule has 0 saturated carbocycles. The van der Waals surface area contributed by atoms with Gasteiger partial charge < -0.3 is 5.32 Å². The number of piperidine rings is 1. The SMILES string of the molecule is CN1C(=O)c2ccc(S(=O)(=O)N3CCC(C4CCNC4)CC3)cc2C1=O. The van der Waals surface area contributed by atoms with Gasteiger partial charge in [0, 0.05) is 20.1 Å². The summed E-state index contributed by atoms with van der Waals surface area (Å²) < 4.78 is 27.5. The predicted molar refractivity (Wildman–Crippen MR) is 95.3 cm³/mol. The highest BCUT2D eigenvalue weighted by Gasteiger charge is 2.37. The van der Waals surface area contributed by atoms with Crippen molar-refractivity contribution < 1.29 is 18.0 Å². The first-order valence-corrected chi connectivity index (χ1v) is 10.5. The highest BCUT2D eigenvalue weighted by Crippen LogP contribution is 2.32. The van der Waals surface area contributed by atoms with Gasteiger partial charge in [0.2, 0.25) is 10.0 Å². The number of nitrogens with one attached hydrogen (secondary N) is 1. The number of imide groups is 1. The van der Waals surface area contributed by atoms with Crippen molar-refractivity contribution in [3.8, 4) is 0 Å². The fourth-order valence-electron chi connectivity index (χ4n) is 4.32. The normalized spacial score (nSPS) is 25.1. The largest absolute Gasteiger partial charge is 0.316 e. The van der Waals surface area contributed by atoms with E-state index in [2.05, 4.69) is 5.32 Å². The van der Waals surface area contributed by atoms with E-state index in [-0.39, 0.29) is 21.9 Å². The van der Waals surface area contributed by atoms with Crippen molar-refractivity contribution in [3.05, 3.63) is 29.3 Å². The highest BCUT2D eigenvalue weighted by molar-refractivity contribution is 7.89. The topological polar surface area (TPSA) is 86.8 Å². The second-order valence-corrected chi connectivity index (χ2v) is 9.31. The Labute approximate surface area is 153 Å². The summed E-state index contributed by atoms with van der Waals surface area (Å²) in [4.78, 5) is 25.2. The number of carbonyl (C=O) groups excluding carboxylic acids is 2. The van der Waals surface area contributed by atoms with E-state index in [4.69, 9.17) is 0 Å². The van der Waals surface area contributed by atoms with E-state index < -0.39 is 15.9 Å². The van der Waals surface area contributed by atoms with Crippen LogP contribution >= 0.6 is 0 Å². The summed E-state index contributed by atoms with van der Waals surface area (Å²) in [5.41, 5.74) is 0.439. The average molecular weight is 377 g/mol. The molecule has 0 aromatic heterocycles. The Balaban J connectivity index is 1.53. The third kappa shape index (κ3) is 2.76. The maximum absolute atomic E-state index is 13.0. The lowest BCUT2D eigenvalue weighted by Gasteiger charge is -2.34. The Bertz CT molecular complexity index is 853. The predicted octanol–water partition coefficient (Wildman–Crippen LogP) is 0.923. The van der Waals surface area contributed by atoms with Crippen LogP contribution in [0.2, 0.25) is 0 Å². The van der Waals surface area contributed by atoms with Crippen LogP contribution in [0, 0.1) is 11.8 Å². The van der Waals surface area contributed by atoms with Crippen LogP contribution < -0.4 is 5.32 Å². The van der Waals surface area contributed by atoms with Crippen molar-refractivity contribution in [2.45, 2.75) is 24.2 Å². The van der Waals surface area contributed by atoms with Crippen LogP contribution in [0.3, 0.4) is 0 Å². The quantitative estimate of drug-likeness (QED) is 0.792. The van der Waals surface area contributed by atoms with Gasteiger partial charge in [-0.1, -0.05) is 0 Å². The molecule has 140 valence electrons. The van der Waals surface area contributed by atoms with Crippen LogP contribution in [0.5, 0.6) is 0 Å². The molecule has 3 heterocycles. The Morgan fingerprint density at radius 2 is 1.69 bits per heavy atom. The molecule has 4 rings (SSSR count). The zero-order valence-corrected chi connectivity index (χ0v) is 15.6. The lowest BCUT2D eigenvalue weighted by molar-refractivity contribution is 0.0693. The Hall–Kier alpha value is -1.77. The van der Waals surface area contributed by atoms with E-state index in [9.17, 15) is 18.0 Å². The fraction of sp³-hybridized carbons (Fsp3) is 0.556. The molecule has 0 bridgehead atoms. The van der Waals surface area contributed by atoms with Crippen LogP contribution in [-0.2, 0) is 10.0 Å². The standard InChI is InChI=1S/C18H23N3O4S/c1-20-17(22)15-3-2-14(10-16(15)18(20)23)26(24,25)21-8-5-12(6-9-21)13-4-7-19-11-13/h2-3,10,12-13,19H,4-9,11H2,1H3. The molecule has 1 N–H and O–H groups in total. The molecule has 2 fully saturated rings. The maximum atomic E-state index is 13.0. The van der Waals surface area contributed by atoms with E-state index in [0.717, 1.165) is 30.8 Å². The summed E-state index contributed by atoms with van der Waals surface area (Å²) in [6.45, 7) is 3.10. The van der Waals surface area contributed by atoms with Gasteiger partial charge in [-0.15, -0.1) is 0 Å². The molecule has 1 aromatic rings. The molecule has 7 nitrogen and oxygen atoms in total. The van der Waals surface area contributed by atoms with Gasteiger partial charge in [-0.2, -0.15) is 4.31 Å². The molecule has 3 aliphatic heterocycles. The second-order valence-electron chi connectivity index (χ2n) is 7.37. The van der Waals surface area contributed by atoms with Gasteiger partial charge in [0.1, 0.15) is 0 Å². The summed E-state index contributed by atoms with van der Waals surface area (Å²) in [5, 5.41) is 3.38. The van der Waals surface area contributed by atoms with Gasteiger partial charge in [-0.3, -0.25) is 14.5 Å². The number of benzene rings is 1. The van der Waals surface area contributed by atoms with Gasteiger partial charge >= 0.3 is 0 Å². The molecule has 2 amide bonds. The van der Waals surface area contributed by atoms with Gasteiger partial charge in [-0.05, 0) is 62.4 Å². The number of fused-ring (bicyclic) bond motifs is 1. The highest BCUT2D eigenvalue weighted by atomic mass is 32.2.